The van der Waals surface area contributed by atoms with Gasteiger partial charge in [-0.3, -0.25) is 14.3 Å². The topological polar surface area (TPSA) is 75.1 Å². The maximum Gasteiger partial charge on any atom is 0.331 e. The first kappa shape index (κ1) is 12.3. The van der Waals surface area contributed by atoms with Gasteiger partial charge in [0.05, 0.1) is 12.1 Å². The molecule has 0 aromatic carbocycles. The molecule has 0 spiro atoms. The number of H-pyrrole nitrogens is 1. The van der Waals surface area contributed by atoms with Crippen molar-refractivity contribution >= 4 is 0 Å². The lowest BCUT2D eigenvalue weighted by Gasteiger charge is -2.10. The van der Waals surface area contributed by atoms with E-state index in [9.17, 15) is 14.7 Å². The number of aromatic hydroxyl groups is 1. The zero-order valence-corrected chi connectivity index (χ0v) is 9.54. The van der Waals surface area contributed by atoms with Crippen LogP contribution in [-0.4, -0.2) is 14.7 Å². The molecule has 2 N–H and O–H groups in total. The normalized spacial score (nSPS) is 10.4. The Labute approximate surface area is 93.1 Å². The van der Waals surface area contributed by atoms with Gasteiger partial charge in [0.2, 0.25) is 5.88 Å². The Hall–Kier alpha value is -1.78. The van der Waals surface area contributed by atoms with Gasteiger partial charge < -0.3 is 5.11 Å². The van der Waals surface area contributed by atoms with Gasteiger partial charge in [-0.15, -0.1) is 0 Å². The second kappa shape index (κ2) is 4.83. The molecule has 0 aliphatic heterocycles. The number of hydrogen-bond donors (Lipinski definition) is 2. The molecule has 1 rings (SSSR count). The molecule has 0 unspecified atom stereocenters. The predicted molar refractivity (Wildman–Crippen MR) is 61.8 cm³/mol. The summed E-state index contributed by atoms with van der Waals surface area (Å²) in [6, 6.07) is 0. The zero-order chi connectivity index (χ0) is 12.3. The summed E-state index contributed by atoms with van der Waals surface area (Å²) >= 11 is 0. The molecule has 1 aromatic rings. The Morgan fingerprint density at radius 3 is 2.62 bits per heavy atom. The van der Waals surface area contributed by atoms with Crippen LogP contribution in [0.25, 0.3) is 0 Å². The lowest BCUT2D eigenvalue weighted by molar-refractivity contribution is 0.400. The van der Waals surface area contributed by atoms with E-state index in [2.05, 4.69) is 11.6 Å². The first-order valence-corrected chi connectivity index (χ1v) is 5.16. The lowest BCUT2D eigenvalue weighted by atomic mass is 10.2. The van der Waals surface area contributed by atoms with Crippen molar-refractivity contribution in [3.63, 3.8) is 0 Å². The summed E-state index contributed by atoms with van der Waals surface area (Å²) in [5.74, 6) is -0.251. The van der Waals surface area contributed by atoms with Crippen molar-refractivity contribution < 1.29 is 5.11 Å². The number of aromatic amines is 1. The average molecular weight is 224 g/mol. The van der Waals surface area contributed by atoms with Crippen LogP contribution < -0.4 is 11.2 Å². The predicted octanol–water partition coefficient (Wildman–Crippen LogP) is 0.771. The Morgan fingerprint density at radius 2 is 2.12 bits per heavy atom. The van der Waals surface area contributed by atoms with Crippen molar-refractivity contribution in [3.8, 4) is 5.88 Å². The summed E-state index contributed by atoms with van der Waals surface area (Å²) in [4.78, 5) is 25.1. The van der Waals surface area contributed by atoms with E-state index in [1.54, 1.807) is 6.92 Å². The van der Waals surface area contributed by atoms with E-state index in [1.165, 1.54) is 0 Å². The molecule has 0 aliphatic rings. The minimum Gasteiger partial charge on any atom is -0.494 e. The van der Waals surface area contributed by atoms with Gasteiger partial charge in [0.25, 0.3) is 5.56 Å². The van der Waals surface area contributed by atoms with Gasteiger partial charge in [-0.25, -0.2) is 4.79 Å². The van der Waals surface area contributed by atoms with Gasteiger partial charge in [0.15, 0.2) is 0 Å². The van der Waals surface area contributed by atoms with Crippen LogP contribution in [0, 0.1) is 0 Å². The molecule has 0 saturated heterocycles. The quantitative estimate of drug-likeness (QED) is 0.742. The van der Waals surface area contributed by atoms with Gasteiger partial charge in [0, 0.05) is 0 Å². The highest BCUT2D eigenvalue weighted by Crippen LogP contribution is 2.12. The summed E-state index contributed by atoms with van der Waals surface area (Å²) in [6.07, 6.45) is 1.17. The number of allylic oxidation sites excluding steroid dienone is 1. The van der Waals surface area contributed by atoms with Gasteiger partial charge in [-0.2, -0.15) is 0 Å². The van der Waals surface area contributed by atoms with Crippen LogP contribution in [0.2, 0.25) is 0 Å². The Morgan fingerprint density at radius 1 is 1.50 bits per heavy atom. The summed E-state index contributed by atoms with van der Waals surface area (Å²) in [5.41, 5.74) is -0.136. The molecular weight excluding hydrogens is 208 g/mol. The third-order valence-electron chi connectivity index (χ3n) is 2.19. The first-order chi connectivity index (χ1) is 7.47. The molecule has 1 heterocycles. The molecular formula is C11H16N2O3. The Bertz CT molecular complexity index is 511. The Balaban J connectivity index is 3.39. The van der Waals surface area contributed by atoms with Gasteiger partial charge in [0.1, 0.15) is 0 Å². The number of nitrogens with one attached hydrogen (secondary N) is 1. The molecule has 1 aromatic heterocycles. The zero-order valence-electron chi connectivity index (χ0n) is 9.54. The summed E-state index contributed by atoms with van der Waals surface area (Å²) in [6.45, 7) is 7.52. The smallest absolute Gasteiger partial charge is 0.331 e. The molecule has 0 bridgehead atoms. The van der Waals surface area contributed by atoms with Crippen molar-refractivity contribution in [2.45, 2.75) is 33.2 Å². The van der Waals surface area contributed by atoms with Crippen LogP contribution in [0.5, 0.6) is 5.88 Å². The minimum atomic E-state index is -0.606. The SMILES string of the molecule is C=C(C)Cn1c(O)c(CCC)c(=O)[nH]c1=O. The van der Waals surface area contributed by atoms with Crippen molar-refractivity contribution in [1.29, 1.82) is 0 Å². The van der Waals surface area contributed by atoms with Crippen LogP contribution in [0.4, 0.5) is 0 Å². The van der Waals surface area contributed by atoms with Crippen LogP contribution >= 0.6 is 0 Å². The van der Waals surface area contributed by atoms with Crippen LogP contribution in [0.3, 0.4) is 0 Å². The van der Waals surface area contributed by atoms with E-state index < -0.39 is 11.2 Å². The van der Waals surface area contributed by atoms with Gasteiger partial charge in [-0.05, 0) is 13.3 Å². The number of rotatable bonds is 4. The maximum atomic E-state index is 11.5. The minimum absolute atomic E-state index is 0.207. The summed E-state index contributed by atoms with van der Waals surface area (Å²) in [7, 11) is 0. The molecule has 0 aliphatic carbocycles. The fourth-order valence-electron chi connectivity index (χ4n) is 1.49. The molecule has 0 saturated carbocycles. The highest BCUT2D eigenvalue weighted by molar-refractivity contribution is 5.23. The monoisotopic (exact) mass is 224 g/mol. The first-order valence-electron chi connectivity index (χ1n) is 5.16. The highest BCUT2D eigenvalue weighted by atomic mass is 16.3. The van der Waals surface area contributed by atoms with Crippen molar-refractivity contribution in [2.75, 3.05) is 0 Å². The molecule has 88 valence electrons. The molecule has 5 heteroatoms. The van der Waals surface area contributed by atoms with E-state index in [0.717, 1.165) is 16.6 Å². The summed E-state index contributed by atoms with van der Waals surface area (Å²) < 4.78 is 1.12. The second-order valence-electron chi connectivity index (χ2n) is 3.85. The fourth-order valence-corrected chi connectivity index (χ4v) is 1.49. The molecule has 0 atom stereocenters. The van der Waals surface area contributed by atoms with E-state index >= 15 is 0 Å². The van der Waals surface area contributed by atoms with Gasteiger partial charge in [-0.1, -0.05) is 25.5 Å². The van der Waals surface area contributed by atoms with E-state index in [-0.39, 0.29) is 18.0 Å². The third-order valence-corrected chi connectivity index (χ3v) is 2.19. The maximum absolute atomic E-state index is 11.5. The second-order valence-corrected chi connectivity index (χ2v) is 3.85. The van der Waals surface area contributed by atoms with Crippen LogP contribution in [-0.2, 0) is 13.0 Å². The largest absolute Gasteiger partial charge is 0.494 e. The molecule has 0 amide bonds. The number of aromatic nitrogens is 2. The molecule has 0 radical (unpaired) electrons. The number of nitrogens with zero attached hydrogens (tertiary/aromatic N) is 1. The highest BCUT2D eigenvalue weighted by Gasteiger charge is 2.12. The van der Waals surface area contributed by atoms with Crippen molar-refractivity contribution in [2.24, 2.45) is 0 Å². The van der Waals surface area contributed by atoms with Crippen LogP contribution in [0.15, 0.2) is 21.7 Å². The lowest BCUT2D eigenvalue weighted by Crippen LogP contribution is -2.32. The van der Waals surface area contributed by atoms with Crippen LogP contribution in [0.1, 0.15) is 25.8 Å². The standard InChI is InChI=1S/C11H16N2O3/c1-4-5-8-9(14)12-11(16)13(10(8)15)6-7(2)3/h15H,2,4-6H2,1,3H3,(H,12,14,16). The fraction of sp³-hybridized carbons (Fsp3) is 0.455. The molecule has 5 nitrogen and oxygen atoms in total. The molecule has 0 fully saturated rings. The van der Waals surface area contributed by atoms with Crippen molar-refractivity contribution in [1.82, 2.24) is 9.55 Å². The van der Waals surface area contributed by atoms with E-state index in [0.29, 0.717) is 6.42 Å². The third kappa shape index (κ3) is 2.42. The van der Waals surface area contributed by atoms with E-state index in [4.69, 9.17) is 0 Å². The average Bonchev–Trinajstić information content (AvgIpc) is 2.19. The summed E-state index contributed by atoms with van der Waals surface area (Å²) in [5, 5.41) is 9.83. The van der Waals surface area contributed by atoms with E-state index in [1.807, 2.05) is 6.92 Å². The van der Waals surface area contributed by atoms with Crippen molar-refractivity contribution in [3.05, 3.63) is 38.6 Å². The molecule has 16 heavy (non-hydrogen) atoms. The van der Waals surface area contributed by atoms with Gasteiger partial charge >= 0.3 is 5.69 Å². The Kier molecular flexibility index (Phi) is 3.71. The number of hydrogen-bond acceptors (Lipinski definition) is 3.